The van der Waals surface area contributed by atoms with E-state index in [0.717, 1.165) is 12.8 Å². The highest BCUT2D eigenvalue weighted by molar-refractivity contribution is 9.10. The summed E-state index contributed by atoms with van der Waals surface area (Å²) in [4.78, 5) is 24.8. The molecule has 5 rings (SSSR count). The Labute approximate surface area is 192 Å². The Bertz CT molecular complexity index is 1080. The lowest BCUT2D eigenvalue weighted by Gasteiger charge is -2.55. The second-order valence-corrected chi connectivity index (χ2v) is 9.89. The van der Waals surface area contributed by atoms with Gasteiger partial charge in [-0.15, -0.1) is 6.58 Å². The largest absolute Gasteiger partial charge is 0.444 e. The molecular formula is C21H22BrClF2N4O2. The summed E-state index contributed by atoms with van der Waals surface area (Å²) in [7, 11) is 0. The highest BCUT2D eigenvalue weighted by atomic mass is 79.9. The van der Waals surface area contributed by atoms with E-state index in [1.807, 2.05) is 25.7 Å². The number of aromatic nitrogens is 2. The number of fused-ring (bicyclic) bond motifs is 4. The van der Waals surface area contributed by atoms with Gasteiger partial charge < -0.3 is 14.5 Å². The third-order valence-corrected chi connectivity index (χ3v) is 6.50. The van der Waals surface area contributed by atoms with E-state index >= 15 is 0 Å². The second kappa shape index (κ2) is 7.85. The lowest BCUT2D eigenvalue weighted by atomic mass is 9.84. The predicted octanol–water partition coefficient (Wildman–Crippen LogP) is 5.47. The molecule has 3 saturated heterocycles. The quantitative estimate of drug-likeness (QED) is 0.302. The van der Waals surface area contributed by atoms with Crippen LogP contribution in [0, 0.1) is 11.6 Å². The van der Waals surface area contributed by atoms with Crippen LogP contribution in [0.15, 0.2) is 23.2 Å². The molecule has 3 aliphatic heterocycles. The molecule has 2 aromatic rings. The molecule has 1 amide bonds. The Hall–Kier alpha value is -2.00. The summed E-state index contributed by atoms with van der Waals surface area (Å²) >= 11 is 9.03. The molecule has 0 N–H and O–H groups in total. The van der Waals surface area contributed by atoms with Crippen molar-refractivity contribution in [3.05, 3.63) is 40.1 Å². The first kappa shape index (κ1) is 22.2. The van der Waals surface area contributed by atoms with E-state index in [0.29, 0.717) is 12.4 Å². The van der Waals surface area contributed by atoms with E-state index in [1.54, 1.807) is 11.0 Å². The normalized spacial score (nSPS) is 23.4. The van der Waals surface area contributed by atoms with E-state index in [4.69, 9.17) is 16.3 Å². The molecule has 4 heterocycles. The predicted molar refractivity (Wildman–Crippen MR) is 118 cm³/mol. The smallest absolute Gasteiger partial charge is 0.410 e. The number of hydrogen-bond acceptors (Lipinski definition) is 5. The molecule has 31 heavy (non-hydrogen) atoms. The maximum absolute atomic E-state index is 14.7. The van der Waals surface area contributed by atoms with Crippen molar-refractivity contribution >= 4 is 50.3 Å². The van der Waals surface area contributed by atoms with Crippen LogP contribution in [0.5, 0.6) is 0 Å². The highest BCUT2D eigenvalue weighted by Crippen LogP contribution is 2.41. The number of amides is 1. The standard InChI is InChI=1S/C21H22BrClF2N4O2/c1-5-13-14-7-6-10(9-28(14)20(30)31-21(2,3)4)29(13)18-11-8-12(24)15(22)16(25)17(11)26-19(23)27-18/h5,8,10,13-14H,1,6-7,9H2,2-4H3/t10-,13?,14-/m0/s1. The fraction of sp³-hybridized carbons (Fsp3) is 0.476. The molecule has 3 aliphatic rings. The number of hydrogen-bond donors (Lipinski definition) is 0. The van der Waals surface area contributed by atoms with Crippen molar-refractivity contribution in [2.24, 2.45) is 0 Å². The third kappa shape index (κ3) is 3.86. The van der Waals surface area contributed by atoms with Gasteiger partial charge in [-0.25, -0.2) is 18.6 Å². The number of anilines is 1. The zero-order valence-corrected chi connectivity index (χ0v) is 19.7. The third-order valence-electron chi connectivity index (χ3n) is 5.61. The molecule has 6 nitrogen and oxygen atoms in total. The van der Waals surface area contributed by atoms with Gasteiger partial charge in [-0.05, 0) is 67.2 Å². The van der Waals surface area contributed by atoms with Crippen LogP contribution >= 0.6 is 27.5 Å². The van der Waals surface area contributed by atoms with Gasteiger partial charge in [-0.3, -0.25) is 0 Å². The van der Waals surface area contributed by atoms with Crippen LogP contribution in [0.2, 0.25) is 5.28 Å². The molecule has 0 saturated carbocycles. The monoisotopic (exact) mass is 514 g/mol. The van der Waals surface area contributed by atoms with Crippen LogP contribution < -0.4 is 4.90 Å². The molecule has 1 aromatic carbocycles. The molecule has 1 aromatic heterocycles. The van der Waals surface area contributed by atoms with Crippen molar-refractivity contribution in [3.63, 3.8) is 0 Å². The van der Waals surface area contributed by atoms with Crippen LogP contribution in [0.3, 0.4) is 0 Å². The number of rotatable bonds is 2. The SMILES string of the molecule is C=CC1[C@@H]2CC[C@@H](CN2C(=O)OC(C)(C)C)N1c1nc(Cl)nc2c(F)c(Br)c(F)cc12. The van der Waals surface area contributed by atoms with Crippen molar-refractivity contribution in [2.45, 2.75) is 57.3 Å². The Balaban J connectivity index is 1.79. The number of piperidine rings is 2. The zero-order valence-electron chi connectivity index (χ0n) is 17.3. The number of benzene rings is 1. The number of ether oxygens (including phenoxy) is 1. The van der Waals surface area contributed by atoms with Crippen LogP contribution in [-0.2, 0) is 4.74 Å². The minimum atomic E-state index is -0.840. The average Bonchev–Trinajstić information content (AvgIpc) is 2.70. The topological polar surface area (TPSA) is 58.6 Å². The Morgan fingerprint density at radius 2 is 2.06 bits per heavy atom. The van der Waals surface area contributed by atoms with Crippen LogP contribution in [-0.4, -0.2) is 51.2 Å². The molecule has 10 heteroatoms. The first-order valence-electron chi connectivity index (χ1n) is 9.93. The lowest BCUT2D eigenvalue weighted by molar-refractivity contribution is -0.00432. The first-order valence-corrected chi connectivity index (χ1v) is 11.1. The number of halogens is 4. The van der Waals surface area contributed by atoms with Crippen LogP contribution in [0.25, 0.3) is 10.9 Å². The van der Waals surface area contributed by atoms with E-state index in [9.17, 15) is 13.6 Å². The van der Waals surface area contributed by atoms with Gasteiger partial charge in [0.25, 0.3) is 0 Å². The van der Waals surface area contributed by atoms with Gasteiger partial charge in [-0.2, -0.15) is 4.98 Å². The number of carbonyl (C=O) groups is 1. The van der Waals surface area contributed by atoms with Crippen molar-refractivity contribution in [2.75, 3.05) is 11.4 Å². The fourth-order valence-electron chi connectivity index (χ4n) is 4.43. The summed E-state index contributed by atoms with van der Waals surface area (Å²) in [5.74, 6) is -1.28. The first-order chi connectivity index (χ1) is 14.5. The Kier molecular flexibility index (Phi) is 5.62. The molecule has 1 unspecified atom stereocenters. The average molecular weight is 516 g/mol. The van der Waals surface area contributed by atoms with E-state index in [2.05, 4.69) is 32.5 Å². The van der Waals surface area contributed by atoms with Crippen molar-refractivity contribution in [1.82, 2.24) is 14.9 Å². The van der Waals surface area contributed by atoms with Gasteiger partial charge in [0.2, 0.25) is 5.28 Å². The summed E-state index contributed by atoms with van der Waals surface area (Å²) in [6, 6.07) is 0.502. The Morgan fingerprint density at radius 1 is 1.35 bits per heavy atom. The van der Waals surface area contributed by atoms with Crippen LogP contribution in [0.4, 0.5) is 19.4 Å². The zero-order chi connectivity index (χ0) is 22.7. The summed E-state index contributed by atoms with van der Waals surface area (Å²) < 4.78 is 34.4. The van der Waals surface area contributed by atoms with Gasteiger partial charge in [-0.1, -0.05) is 6.08 Å². The molecule has 0 radical (unpaired) electrons. The van der Waals surface area contributed by atoms with Crippen molar-refractivity contribution in [1.29, 1.82) is 0 Å². The maximum atomic E-state index is 14.7. The number of nitrogens with zero attached hydrogens (tertiary/aromatic N) is 4. The minimum Gasteiger partial charge on any atom is -0.444 e. The Morgan fingerprint density at radius 3 is 2.71 bits per heavy atom. The second-order valence-electron chi connectivity index (χ2n) is 8.76. The maximum Gasteiger partial charge on any atom is 0.410 e. The lowest BCUT2D eigenvalue weighted by Crippen LogP contribution is -2.69. The molecule has 0 spiro atoms. The van der Waals surface area contributed by atoms with Crippen molar-refractivity contribution < 1.29 is 18.3 Å². The molecule has 3 fully saturated rings. The van der Waals surface area contributed by atoms with Gasteiger partial charge in [0.05, 0.1) is 16.6 Å². The summed E-state index contributed by atoms with van der Waals surface area (Å²) in [5, 5.41) is 0.0685. The molecule has 2 bridgehead atoms. The molecule has 3 atom stereocenters. The summed E-state index contributed by atoms with van der Waals surface area (Å²) in [5.41, 5.74) is -0.688. The minimum absolute atomic E-state index is 0.0727. The summed E-state index contributed by atoms with van der Waals surface area (Å²) in [6.07, 6.45) is 2.86. The van der Waals surface area contributed by atoms with Gasteiger partial charge in [0.1, 0.15) is 22.8 Å². The highest BCUT2D eigenvalue weighted by Gasteiger charge is 2.48. The summed E-state index contributed by atoms with van der Waals surface area (Å²) in [6.45, 7) is 9.80. The van der Waals surface area contributed by atoms with Gasteiger partial charge >= 0.3 is 6.09 Å². The molecule has 166 valence electrons. The number of carbonyl (C=O) groups excluding carboxylic acids is 1. The van der Waals surface area contributed by atoms with Crippen molar-refractivity contribution in [3.8, 4) is 0 Å². The van der Waals surface area contributed by atoms with E-state index < -0.39 is 17.2 Å². The molecule has 0 aliphatic carbocycles. The van der Waals surface area contributed by atoms with Gasteiger partial charge in [0, 0.05) is 18.0 Å². The molecular weight excluding hydrogens is 494 g/mol. The van der Waals surface area contributed by atoms with E-state index in [-0.39, 0.29) is 44.9 Å². The van der Waals surface area contributed by atoms with E-state index in [1.165, 1.54) is 6.07 Å². The van der Waals surface area contributed by atoms with Gasteiger partial charge in [0.15, 0.2) is 5.82 Å². The number of piperazine rings is 1. The fourth-order valence-corrected chi connectivity index (χ4v) is 4.89. The van der Waals surface area contributed by atoms with Crippen LogP contribution in [0.1, 0.15) is 33.6 Å².